The molecule has 2 heterocycles. The number of aromatic nitrogens is 2. The molecule has 1 N–H and O–H groups in total. The Kier molecular flexibility index (Phi) is 5.48. The quantitative estimate of drug-likeness (QED) is 0.848. The molecule has 1 atom stereocenters. The van der Waals surface area contributed by atoms with Gasteiger partial charge >= 0.3 is 0 Å². The maximum absolute atomic E-state index is 12.1. The Bertz CT molecular complexity index is 660. The first kappa shape index (κ1) is 16.5. The molecule has 0 saturated carbocycles. The maximum Gasteiger partial charge on any atom is 0.226 e. The van der Waals surface area contributed by atoms with Gasteiger partial charge in [-0.3, -0.25) is 10.1 Å². The van der Waals surface area contributed by atoms with Gasteiger partial charge in [-0.15, -0.1) is 0 Å². The molecule has 1 aromatic carbocycles. The molecule has 3 rings (SSSR count). The molecule has 1 fully saturated rings. The van der Waals surface area contributed by atoms with E-state index in [1.54, 1.807) is 13.3 Å². The number of ether oxygens (including phenoxy) is 2. The molecule has 2 aromatic rings. The third-order valence-corrected chi connectivity index (χ3v) is 4.20. The molecular weight excluding hydrogens is 306 g/mol. The second kappa shape index (κ2) is 7.97. The highest BCUT2D eigenvalue weighted by atomic mass is 16.5. The average molecular weight is 329 g/mol. The van der Waals surface area contributed by atoms with E-state index in [1.165, 1.54) is 0 Å². The zero-order chi connectivity index (χ0) is 16.8. The summed E-state index contributed by atoms with van der Waals surface area (Å²) < 4.78 is 12.6. The number of nitrogens with one attached hydrogen (secondary N) is 1. The molecule has 0 radical (unpaired) electrons. The van der Waals surface area contributed by atoms with Crippen LogP contribution in [0.15, 0.2) is 36.7 Å². The van der Waals surface area contributed by atoms with E-state index in [9.17, 15) is 4.79 Å². The van der Waals surface area contributed by atoms with Crippen molar-refractivity contribution in [3.8, 4) is 5.75 Å². The molecule has 1 amide bonds. The van der Waals surface area contributed by atoms with Crippen molar-refractivity contribution in [3.63, 3.8) is 0 Å². The predicted molar refractivity (Wildman–Crippen MR) is 91.2 cm³/mol. The van der Waals surface area contributed by atoms with Gasteiger partial charge in [0.25, 0.3) is 0 Å². The SMILES string of the molecule is COc1ccc(Cn2ccnc2NC(=O)CC[C@H]2CCCO2)cc1. The Morgan fingerprint density at radius 3 is 2.96 bits per heavy atom. The highest BCUT2D eigenvalue weighted by Gasteiger charge is 2.17. The normalized spacial score (nSPS) is 17.0. The molecule has 1 aliphatic rings. The number of rotatable bonds is 7. The number of hydrogen-bond donors (Lipinski definition) is 1. The fraction of sp³-hybridized carbons (Fsp3) is 0.444. The number of carbonyl (C=O) groups excluding carboxylic acids is 1. The highest BCUT2D eigenvalue weighted by molar-refractivity contribution is 5.89. The van der Waals surface area contributed by atoms with Gasteiger partial charge in [0.15, 0.2) is 0 Å². The summed E-state index contributed by atoms with van der Waals surface area (Å²) in [7, 11) is 1.65. The minimum absolute atomic E-state index is 0.0207. The molecule has 1 aliphatic heterocycles. The molecule has 0 bridgehead atoms. The van der Waals surface area contributed by atoms with Crippen LogP contribution in [0, 0.1) is 0 Å². The van der Waals surface area contributed by atoms with Crippen molar-refractivity contribution in [1.29, 1.82) is 0 Å². The van der Waals surface area contributed by atoms with E-state index in [1.807, 2.05) is 35.0 Å². The Hall–Kier alpha value is -2.34. The van der Waals surface area contributed by atoms with Gasteiger partial charge in [-0.25, -0.2) is 4.98 Å². The number of methoxy groups -OCH3 is 1. The van der Waals surface area contributed by atoms with Crippen molar-refractivity contribution in [2.75, 3.05) is 19.0 Å². The van der Waals surface area contributed by atoms with E-state index in [-0.39, 0.29) is 12.0 Å². The van der Waals surface area contributed by atoms with Crippen LogP contribution < -0.4 is 10.1 Å². The van der Waals surface area contributed by atoms with Crippen LogP contribution in [0.3, 0.4) is 0 Å². The molecule has 1 aromatic heterocycles. The maximum atomic E-state index is 12.1. The van der Waals surface area contributed by atoms with Crippen molar-refractivity contribution in [1.82, 2.24) is 9.55 Å². The zero-order valence-electron chi connectivity index (χ0n) is 13.9. The summed E-state index contributed by atoms with van der Waals surface area (Å²) in [4.78, 5) is 16.4. The minimum atomic E-state index is -0.0207. The van der Waals surface area contributed by atoms with Gasteiger partial charge in [0.05, 0.1) is 19.8 Å². The van der Waals surface area contributed by atoms with Crippen LogP contribution in [-0.4, -0.2) is 35.3 Å². The van der Waals surface area contributed by atoms with Gasteiger partial charge < -0.3 is 14.0 Å². The third kappa shape index (κ3) is 4.35. The topological polar surface area (TPSA) is 65.4 Å². The van der Waals surface area contributed by atoms with Gasteiger partial charge in [-0.2, -0.15) is 0 Å². The second-order valence-electron chi connectivity index (χ2n) is 5.95. The van der Waals surface area contributed by atoms with Gasteiger partial charge in [0.1, 0.15) is 5.75 Å². The Morgan fingerprint density at radius 1 is 1.42 bits per heavy atom. The molecule has 6 heteroatoms. The number of imidazole rings is 1. The van der Waals surface area contributed by atoms with E-state index >= 15 is 0 Å². The molecule has 0 unspecified atom stereocenters. The van der Waals surface area contributed by atoms with Gasteiger partial charge in [0.2, 0.25) is 11.9 Å². The molecule has 24 heavy (non-hydrogen) atoms. The van der Waals surface area contributed by atoms with Gasteiger partial charge in [-0.1, -0.05) is 12.1 Å². The summed E-state index contributed by atoms with van der Waals surface area (Å²) in [6.07, 6.45) is 7.16. The Labute approximate surface area is 141 Å². The van der Waals surface area contributed by atoms with Crippen LogP contribution in [0.2, 0.25) is 0 Å². The lowest BCUT2D eigenvalue weighted by molar-refractivity contribution is -0.116. The lowest BCUT2D eigenvalue weighted by Gasteiger charge is -2.11. The van der Waals surface area contributed by atoms with Gasteiger partial charge in [0, 0.05) is 25.4 Å². The number of hydrogen-bond acceptors (Lipinski definition) is 4. The van der Waals surface area contributed by atoms with Crippen LogP contribution in [0.1, 0.15) is 31.2 Å². The monoisotopic (exact) mass is 329 g/mol. The molecule has 0 aliphatic carbocycles. The average Bonchev–Trinajstić information content (AvgIpc) is 3.26. The summed E-state index contributed by atoms with van der Waals surface area (Å²) in [6, 6.07) is 7.85. The largest absolute Gasteiger partial charge is 0.497 e. The lowest BCUT2D eigenvalue weighted by atomic mass is 10.1. The van der Waals surface area contributed by atoms with Crippen molar-refractivity contribution in [2.24, 2.45) is 0 Å². The van der Waals surface area contributed by atoms with Crippen molar-refractivity contribution < 1.29 is 14.3 Å². The summed E-state index contributed by atoms with van der Waals surface area (Å²) >= 11 is 0. The van der Waals surface area contributed by atoms with Crippen molar-refractivity contribution >= 4 is 11.9 Å². The molecular formula is C18H23N3O3. The summed E-state index contributed by atoms with van der Waals surface area (Å²) in [5.74, 6) is 1.38. The van der Waals surface area contributed by atoms with E-state index in [0.717, 1.165) is 37.2 Å². The smallest absolute Gasteiger partial charge is 0.226 e. The lowest BCUT2D eigenvalue weighted by Crippen LogP contribution is -2.18. The first-order valence-electron chi connectivity index (χ1n) is 8.30. The number of anilines is 1. The highest BCUT2D eigenvalue weighted by Crippen LogP contribution is 2.18. The fourth-order valence-electron chi connectivity index (χ4n) is 2.84. The summed E-state index contributed by atoms with van der Waals surface area (Å²) in [5.41, 5.74) is 1.11. The third-order valence-electron chi connectivity index (χ3n) is 4.20. The zero-order valence-corrected chi connectivity index (χ0v) is 13.9. The standard InChI is InChI=1S/C18H23N3O3/c1-23-15-6-4-14(5-7-15)13-21-11-10-19-18(21)20-17(22)9-8-16-3-2-12-24-16/h4-7,10-11,16H,2-3,8-9,12-13H2,1H3,(H,19,20,22)/t16-/m1/s1. The van der Waals surface area contributed by atoms with Crippen LogP contribution in [0.4, 0.5) is 5.95 Å². The van der Waals surface area contributed by atoms with Crippen LogP contribution in [0.5, 0.6) is 5.75 Å². The Balaban J connectivity index is 1.54. The van der Waals surface area contributed by atoms with Gasteiger partial charge in [-0.05, 0) is 37.0 Å². The molecule has 128 valence electrons. The van der Waals surface area contributed by atoms with Crippen LogP contribution in [0.25, 0.3) is 0 Å². The molecule has 6 nitrogen and oxygen atoms in total. The predicted octanol–water partition coefficient (Wildman–Crippen LogP) is 2.84. The number of nitrogens with zero attached hydrogens (tertiary/aromatic N) is 2. The fourth-order valence-corrected chi connectivity index (χ4v) is 2.84. The van der Waals surface area contributed by atoms with E-state index in [4.69, 9.17) is 9.47 Å². The van der Waals surface area contributed by atoms with Crippen LogP contribution >= 0.6 is 0 Å². The number of carbonyl (C=O) groups is 1. The number of benzene rings is 1. The summed E-state index contributed by atoms with van der Waals surface area (Å²) in [6.45, 7) is 1.46. The first-order chi connectivity index (χ1) is 11.7. The number of amides is 1. The minimum Gasteiger partial charge on any atom is -0.497 e. The summed E-state index contributed by atoms with van der Waals surface area (Å²) in [5, 5.41) is 2.89. The molecule has 1 saturated heterocycles. The first-order valence-corrected chi connectivity index (χ1v) is 8.30. The van der Waals surface area contributed by atoms with E-state index in [2.05, 4.69) is 10.3 Å². The van der Waals surface area contributed by atoms with Crippen molar-refractivity contribution in [2.45, 2.75) is 38.3 Å². The van der Waals surface area contributed by atoms with Crippen molar-refractivity contribution in [3.05, 3.63) is 42.2 Å². The van der Waals surface area contributed by atoms with E-state index in [0.29, 0.717) is 18.9 Å². The van der Waals surface area contributed by atoms with E-state index < -0.39 is 0 Å². The second-order valence-corrected chi connectivity index (χ2v) is 5.95. The Morgan fingerprint density at radius 2 is 2.25 bits per heavy atom. The molecule has 0 spiro atoms. The van der Waals surface area contributed by atoms with Crippen LogP contribution in [-0.2, 0) is 16.1 Å².